The zero-order valence-electron chi connectivity index (χ0n) is 14.2. The number of aryl methyl sites for hydroxylation is 2. The van der Waals surface area contributed by atoms with Gasteiger partial charge in [0.05, 0.1) is 4.90 Å². The lowest BCUT2D eigenvalue weighted by atomic mass is 9.86. The average molecular weight is 341 g/mol. The fourth-order valence-electron chi connectivity index (χ4n) is 3.16. The molecular weight excluding hydrogens is 318 g/mol. The molecule has 0 N–H and O–H groups in total. The first-order valence-corrected chi connectivity index (χ1v) is 9.63. The second kappa shape index (κ2) is 6.54. The molecule has 126 valence electrons. The molecule has 0 aromatic heterocycles. The maximum absolute atomic E-state index is 12.8. The highest BCUT2D eigenvalue weighted by atomic mass is 32.2. The standard InChI is InChI=1S/C20H23NO2S/c1-15-4-8-18(9-5-15)20-12-13-21(14-17(20)3)24(22,23)19-10-6-16(2)7-11-19/h4-11,20H,3,12-14H2,1-2H3/t20-/m0/s1. The summed E-state index contributed by atoms with van der Waals surface area (Å²) in [6.45, 7) is 9.08. The quantitative estimate of drug-likeness (QED) is 0.790. The van der Waals surface area contributed by atoms with Gasteiger partial charge in [0.15, 0.2) is 0 Å². The van der Waals surface area contributed by atoms with E-state index in [-0.39, 0.29) is 5.92 Å². The summed E-state index contributed by atoms with van der Waals surface area (Å²) in [6.07, 6.45) is 0.771. The molecule has 0 unspecified atom stereocenters. The zero-order chi connectivity index (χ0) is 17.3. The molecule has 4 heteroatoms. The third kappa shape index (κ3) is 3.30. The number of benzene rings is 2. The number of rotatable bonds is 3. The summed E-state index contributed by atoms with van der Waals surface area (Å²) >= 11 is 0. The first kappa shape index (κ1) is 16.9. The largest absolute Gasteiger partial charge is 0.243 e. The molecular formula is C20H23NO2S. The van der Waals surface area contributed by atoms with Gasteiger partial charge in [-0.15, -0.1) is 0 Å². The minimum atomic E-state index is -3.45. The maximum atomic E-state index is 12.8. The lowest BCUT2D eigenvalue weighted by Crippen LogP contribution is -2.39. The van der Waals surface area contributed by atoms with Crippen LogP contribution in [0.25, 0.3) is 0 Å². The molecule has 1 saturated heterocycles. The molecule has 1 heterocycles. The lowest BCUT2D eigenvalue weighted by molar-refractivity contribution is 0.376. The second-order valence-corrected chi connectivity index (χ2v) is 8.50. The Morgan fingerprint density at radius 3 is 2.04 bits per heavy atom. The number of hydrogen-bond acceptors (Lipinski definition) is 2. The van der Waals surface area contributed by atoms with Crippen molar-refractivity contribution in [2.45, 2.75) is 31.1 Å². The van der Waals surface area contributed by atoms with Crippen molar-refractivity contribution in [1.29, 1.82) is 0 Å². The monoisotopic (exact) mass is 341 g/mol. The highest BCUT2D eigenvalue weighted by Gasteiger charge is 2.31. The SMILES string of the molecule is C=C1CN(S(=O)(=O)c2ccc(C)cc2)CC[C@@H]1c1ccc(C)cc1. The second-order valence-electron chi connectivity index (χ2n) is 6.56. The molecule has 0 aliphatic carbocycles. The van der Waals surface area contributed by atoms with Gasteiger partial charge in [-0.05, 0) is 38.0 Å². The predicted molar refractivity (Wildman–Crippen MR) is 97.6 cm³/mol. The van der Waals surface area contributed by atoms with Crippen LogP contribution >= 0.6 is 0 Å². The Balaban J connectivity index is 1.78. The Morgan fingerprint density at radius 2 is 1.50 bits per heavy atom. The van der Waals surface area contributed by atoms with Crippen molar-refractivity contribution in [2.75, 3.05) is 13.1 Å². The fraction of sp³-hybridized carbons (Fsp3) is 0.300. The van der Waals surface area contributed by atoms with Gasteiger partial charge in [-0.2, -0.15) is 4.31 Å². The molecule has 2 aromatic rings. The van der Waals surface area contributed by atoms with E-state index >= 15 is 0 Å². The summed E-state index contributed by atoms with van der Waals surface area (Å²) in [5.41, 5.74) is 4.46. The molecule has 0 bridgehead atoms. The molecule has 0 saturated carbocycles. The summed E-state index contributed by atoms with van der Waals surface area (Å²) < 4.78 is 27.2. The van der Waals surface area contributed by atoms with Gasteiger partial charge >= 0.3 is 0 Å². The van der Waals surface area contributed by atoms with Gasteiger partial charge < -0.3 is 0 Å². The third-order valence-corrected chi connectivity index (χ3v) is 6.54. The van der Waals surface area contributed by atoms with Crippen LogP contribution in [0.4, 0.5) is 0 Å². The van der Waals surface area contributed by atoms with Gasteiger partial charge in [0.25, 0.3) is 0 Å². The van der Waals surface area contributed by atoms with Crippen molar-refractivity contribution in [1.82, 2.24) is 4.31 Å². The maximum Gasteiger partial charge on any atom is 0.243 e. The predicted octanol–water partition coefficient (Wildman–Crippen LogP) is 4.04. The first-order valence-electron chi connectivity index (χ1n) is 8.19. The van der Waals surface area contributed by atoms with Crippen LogP contribution < -0.4 is 0 Å². The van der Waals surface area contributed by atoms with Crippen LogP contribution in [0.3, 0.4) is 0 Å². The topological polar surface area (TPSA) is 37.4 Å². The van der Waals surface area contributed by atoms with E-state index in [1.165, 1.54) is 11.1 Å². The average Bonchev–Trinajstić information content (AvgIpc) is 2.56. The van der Waals surface area contributed by atoms with Crippen LogP contribution in [0.15, 0.2) is 65.6 Å². The fourth-order valence-corrected chi connectivity index (χ4v) is 4.62. The summed E-state index contributed by atoms with van der Waals surface area (Å²) in [7, 11) is -3.45. The van der Waals surface area contributed by atoms with Gasteiger partial charge in [0.1, 0.15) is 0 Å². The summed E-state index contributed by atoms with van der Waals surface area (Å²) in [5, 5.41) is 0. The number of sulfonamides is 1. The number of hydrogen-bond donors (Lipinski definition) is 0. The van der Waals surface area contributed by atoms with E-state index in [4.69, 9.17) is 0 Å². The van der Waals surface area contributed by atoms with Crippen molar-refractivity contribution >= 4 is 10.0 Å². The molecule has 1 aliphatic heterocycles. The van der Waals surface area contributed by atoms with E-state index in [0.717, 1.165) is 17.6 Å². The van der Waals surface area contributed by atoms with E-state index in [0.29, 0.717) is 18.0 Å². The van der Waals surface area contributed by atoms with Crippen molar-refractivity contribution in [3.8, 4) is 0 Å². The summed E-state index contributed by atoms with van der Waals surface area (Å²) in [4.78, 5) is 0.356. The van der Waals surface area contributed by atoms with Crippen molar-refractivity contribution in [3.63, 3.8) is 0 Å². The summed E-state index contributed by atoms with van der Waals surface area (Å²) in [5.74, 6) is 0.232. The highest BCUT2D eigenvalue weighted by molar-refractivity contribution is 7.89. The van der Waals surface area contributed by atoms with Gasteiger partial charge in [0.2, 0.25) is 10.0 Å². The first-order chi connectivity index (χ1) is 11.4. The Labute approximate surface area is 144 Å². The normalized spacial score (nSPS) is 19.4. The molecule has 0 amide bonds. The van der Waals surface area contributed by atoms with Crippen LogP contribution in [-0.2, 0) is 10.0 Å². The molecule has 3 rings (SSSR count). The van der Waals surface area contributed by atoms with E-state index in [1.54, 1.807) is 16.4 Å². The molecule has 1 aliphatic rings. The van der Waals surface area contributed by atoms with Crippen LogP contribution in [0.2, 0.25) is 0 Å². The Bertz CT molecular complexity index is 836. The van der Waals surface area contributed by atoms with Crippen LogP contribution in [0.1, 0.15) is 29.0 Å². The van der Waals surface area contributed by atoms with Crippen molar-refractivity contribution in [2.24, 2.45) is 0 Å². The minimum Gasteiger partial charge on any atom is -0.207 e. The van der Waals surface area contributed by atoms with E-state index in [1.807, 2.05) is 19.1 Å². The minimum absolute atomic E-state index is 0.232. The van der Waals surface area contributed by atoms with E-state index in [2.05, 4.69) is 37.8 Å². The van der Waals surface area contributed by atoms with Gasteiger partial charge in [-0.1, -0.05) is 59.7 Å². The number of nitrogens with zero attached hydrogens (tertiary/aromatic N) is 1. The Morgan fingerprint density at radius 1 is 0.958 bits per heavy atom. The van der Waals surface area contributed by atoms with E-state index < -0.39 is 10.0 Å². The van der Waals surface area contributed by atoms with Gasteiger partial charge in [-0.25, -0.2) is 8.42 Å². The lowest BCUT2D eigenvalue weighted by Gasteiger charge is -2.33. The molecule has 24 heavy (non-hydrogen) atoms. The molecule has 1 atom stereocenters. The van der Waals surface area contributed by atoms with Crippen LogP contribution in [0.5, 0.6) is 0 Å². The summed E-state index contributed by atoms with van der Waals surface area (Å²) in [6, 6.07) is 15.5. The molecule has 3 nitrogen and oxygen atoms in total. The smallest absolute Gasteiger partial charge is 0.207 e. The van der Waals surface area contributed by atoms with E-state index in [9.17, 15) is 8.42 Å². The molecule has 2 aromatic carbocycles. The van der Waals surface area contributed by atoms with Crippen molar-refractivity contribution in [3.05, 3.63) is 77.4 Å². The molecule has 0 spiro atoms. The van der Waals surface area contributed by atoms with Crippen LogP contribution in [-0.4, -0.2) is 25.8 Å². The third-order valence-electron chi connectivity index (χ3n) is 4.68. The molecule has 0 radical (unpaired) electrons. The molecule has 1 fully saturated rings. The highest BCUT2D eigenvalue weighted by Crippen LogP contribution is 2.33. The van der Waals surface area contributed by atoms with Gasteiger partial charge in [0, 0.05) is 19.0 Å². The van der Waals surface area contributed by atoms with Crippen LogP contribution in [0, 0.1) is 13.8 Å². The Kier molecular flexibility index (Phi) is 4.61. The van der Waals surface area contributed by atoms with Gasteiger partial charge in [-0.3, -0.25) is 0 Å². The Hall–Kier alpha value is -1.91. The zero-order valence-corrected chi connectivity index (χ0v) is 15.0. The van der Waals surface area contributed by atoms with Crippen molar-refractivity contribution < 1.29 is 8.42 Å². The number of piperidine rings is 1.